The van der Waals surface area contributed by atoms with Crippen molar-refractivity contribution < 1.29 is 19.4 Å². The normalized spacial score (nSPS) is 10.1. The Kier molecular flexibility index (Phi) is 5.36. The lowest BCUT2D eigenvalue weighted by Gasteiger charge is -2.21. The van der Waals surface area contributed by atoms with Crippen LogP contribution in [0.2, 0.25) is 0 Å². The van der Waals surface area contributed by atoms with Crippen molar-refractivity contribution in [3.05, 3.63) is 29.3 Å². The van der Waals surface area contributed by atoms with Crippen LogP contribution in [0, 0.1) is 6.92 Å². The summed E-state index contributed by atoms with van der Waals surface area (Å²) < 4.78 is 4.57. The molecular weight excluding hydrogens is 246 g/mol. The van der Waals surface area contributed by atoms with E-state index >= 15 is 0 Å². The van der Waals surface area contributed by atoms with Gasteiger partial charge in [0.15, 0.2) is 0 Å². The Morgan fingerprint density at radius 1 is 1.37 bits per heavy atom. The minimum Gasteiger partial charge on any atom is -0.507 e. The second-order valence-electron chi connectivity index (χ2n) is 4.27. The number of hydrogen-bond acceptors (Lipinski definition) is 4. The Balaban J connectivity index is 2.98. The quantitative estimate of drug-likeness (QED) is 0.823. The molecule has 0 saturated heterocycles. The van der Waals surface area contributed by atoms with Crippen LogP contribution in [0.4, 0.5) is 0 Å². The standard InChI is InChI=1S/C14H19NO4/c1-4-8-15(9-12(16)19-3)14(18)11-7-5-6-10(2)13(11)17/h5-7,17H,4,8-9H2,1-3H3. The minimum absolute atomic E-state index is 0.0431. The third-order valence-corrected chi connectivity index (χ3v) is 2.80. The summed E-state index contributed by atoms with van der Waals surface area (Å²) >= 11 is 0. The maximum atomic E-state index is 12.3. The summed E-state index contributed by atoms with van der Waals surface area (Å²) in [6.07, 6.45) is 0.718. The van der Waals surface area contributed by atoms with Crippen molar-refractivity contribution in [1.29, 1.82) is 0 Å². The molecule has 1 amide bonds. The maximum absolute atomic E-state index is 12.3. The molecule has 104 valence electrons. The molecule has 19 heavy (non-hydrogen) atoms. The van der Waals surface area contributed by atoms with Gasteiger partial charge in [0, 0.05) is 6.54 Å². The first-order chi connectivity index (χ1) is 9.01. The van der Waals surface area contributed by atoms with Crippen molar-refractivity contribution in [1.82, 2.24) is 4.90 Å². The molecule has 1 N–H and O–H groups in total. The van der Waals surface area contributed by atoms with E-state index in [-0.39, 0.29) is 23.8 Å². The fraction of sp³-hybridized carbons (Fsp3) is 0.429. The summed E-state index contributed by atoms with van der Waals surface area (Å²) in [6.45, 7) is 3.95. The topological polar surface area (TPSA) is 66.8 Å². The average molecular weight is 265 g/mol. The lowest BCUT2D eigenvalue weighted by molar-refractivity contribution is -0.141. The van der Waals surface area contributed by atoms with Gasteiger partial charge < -0.3 is 14.7 Å². The molecule has 0 aliphatic rings. The van der Waals surface area contributed by atoms with Crippen LogP contribution in [0.25, 0.3) is 0 Å². The zero-order chi connectivity index (χ0) is 14.4. The molecule has 5 heteroatoms. The summed E-state index contributed by atoms with van der Waals surface area (Å²) in [5.41, 5.74) is 0.831. The Labute approximate surface area is 112 Å². The van der Waals surface area contributed by atoms with Crippen molar-refractivity contribution in [2.75, 3.05) is 20.2 Å². The number of phenols is 1. The molecule has 0 fully saturated rings. The van der Waals surface area contributed by atoms with E-state index in [0.29, 0.717) is 12.1 Å². The zero-order valence-corrected chi connectivity index (χ0v) is 11.5. The monoisotopic (exact) mass is 265 g/mol. The summed E-state index contributed by atoms with van der Waals surface area (Å²) in [4.78, 5) is 25.0. The fourth-order valence-corrected chi connectivity index (χ4v) is 1.74. The van der Waals surface area contributed by atoms with Crippen LogP contribution in [-0.4, -0.2) is 42.1 Å². The molecule has 0 radical (unpaired) electrons. The number of methoxy groups -OCH3 is 1. The van der Waals surface area contributed by atoms with Gasteiger partial charge in [-0.15, -0.1) is 0 Å². The van der Waals surface area contributed by atoms with Gasteiger partial charge in [-0.3, -0.25) is 9.59 Å². The van der Waals surface area contributed by atoms with Crippen molar-refractivity contribution in [2.24, 2.45) is 0 Å². The number of phenolic OH excluding ortho intramolecular Hbond substituents is 1. The number of carbonyl (C=O) groups excluding carboxylic acids is 2. The Morgan fingerprint density at radius 2 is 2.05 bits per heavy atom. The summed E-state index contributed by atoms with van der Waals surface area (Å²) in [5.74, 6) is -0.888. The van der Waals surface area contributed by atoms with Gasteiger partial charge in [0.25, 0.3) is 5.91 Å². The molecule has 0 spiro atoms. The van der Waals surface area contributed by atoms with Gasteiger partial charge >= 0.3 is 5.97 Å². The highest BCUT2D eigenvalue weighted by molar-refractivity contribution is 5.98. The van der Waals surface area contributed by atoms with Gasteiger partial charge in [-0.2, -0.15) is 0 Å². The van der Waals surface area contributed by atoms with Crippen LogP contribution >= 0.6 is 0 Å². The van der Waals surface area contributed by atoms with E-state index in [9.17, 15) is 14.7 Å². The number of hydrogen-bond donors (Lipinski definition) is 1. The second-order valence-corrected chi connectivity index (χ2v) is 4.27. The average Bonchev–Trinajstić information content (AvgIpc) is 2.40. The molecule has 1 rings (SSSR count). The van der Waals surface area contributed by atoms with Crippen LogP contribution in [0.1, 0.15) is 29.3 Å². The first-order valence-electron chi connectivity index (χ1n) is 6.15. The molecule has 0 unspecified atom stereocenters. The van der Waals surface area contributed by atoms with Gasteiger partial charge in [0.1, 0.15) is 12.3 Å². The van der Waals surface area contributed by atoms with E-state index in [1.165, 1.54) is 12.0 Å². The number of ether oxygens (including phenoxy) is 1. The van der Waals surface area contributed by atoms with Crippen LogP contribution in [0.5, 0.6) is 5.75 Å². The number of nitrogens with zero attached hydrogens (tertiary/aromatic N) is 1. The molecule has 5 nitrogen and oxygen atoms in total. The lowest BCUT2D eigenvalue weighted by Crippen LogP contribution is -2.36. The highest BCUT2D eigenvalue weighted by atomic mass is 16.5. The molecule has 0 heterocycles. The maximum Gasteiger partial charge on any atom is 0.325 e. The Bertz CT molecular complexity index is 471. The van der Waals surface area contributed by atoms with Gasteiger partial charge in [-0.05, 0) is 25.0 Å². The smallest absolute Gasteiger partial charge is 0.325 e. The third kappa shape index (κ3) is 3.71. The molecule has 0 atom stereocenters. The highest BCUT2D eigenvalue weighted by Crippen LogP contribution is 2.22. The number of aromatic hydroxyl groups is 1. The number of amides is 1. The van der Waals surface area contributed by atoms with Gasteiger partial charge in [-0.1, -0.05) is 19.1 Å². The molecule has 0 bridgehead atoms. The number of rotatable bonds is 5. The molecule has 0 aliphatic carbocycles. The number of esters is 1. The Hall–Kier alpha value is -2.04. The van der Waals surface area contributed by atoms with Crippen LogP contribution in [-0.2, 0) is 9.53 Å². The van der Waals surface area contributed by atoms with Crippen LogP contribution < -0.4 is 0 Å². The van der Waals surface area contributed by atoms with E-state index < -0.39 is 5.97 Å². The van der Waals surface area contributed by atoms with E-state index in [2.05, 4.69) is 4.74 Å². The summed E-state index contributed by atoms with van der Waals surface area (Å²) in [6, 6.07) is 4.96. The number of benzene rings is 1. The zero-order valence-electron chi connectivity index (χ0n) is 11.5. The van der Waals surface area contributed by atoms with Crippen LogP contribution in [0.15, 0.2) is 18.2 Å². The largest absolute Gasteiger partial charge is 0.507 e. The van der Waals surface area contributed by atoms with E-state index in [4.69, 9.17) is 0 Å². The first kappa shape index (κ1) is 15.0. The number of carbonyl (C=O) groups is 2. The van der Waals surface area contributed by atoms with E-state index in [1.807, 2.05) is 6.92 Å². The van der Waals surface area contributed by atoms with Gasteiger partial charge in [0.2, 0.25) is 0 Å². The number of para-hydroxylation sites is 1. The van der Waals surface area contributed by atoms with Crippen molar-refractivity contribution in [3.63, 3.8) is 0 Å². The van der Waals surface area contributed by atoms with Gasteiger partial charge in [0.05, 0.1) is 12.7 Å². The van der Waals surface area contributed by atoms with E-state index in [0.717, 1.165) is 6.42 Å². The van der Waals surface area contributed by atoms with Gasteiger partial charge in [-0.25, -0.2) is 0 Å². The predicted molar refractivity (Wildman–Crippen MR) is 71.1 cm³/mol. The summed E-state index contributed by atoms with van der Waals surface area (Å²) in [7, 11) is 1.28. The van der Waals surface area contributed by atoms with Crippen molar-refractivity contribution in [2.45, 2.75) is 20.3 Å². The Morgan fingerprint density at radius 3 is 2.63 bits per heavy atom. The first-order valence-corrected chi connectivity index (χ1v) is 6.15. The third-order valence-electron chi connectivity index (χ3n) is 2.80. The molecule has 0 saturated carbocycles. The van der Waals surface area contributed by atoms with Crippen LogP contribution in [0.3, 0.4) is 0 Å². The van der Waals surface area contributed by atoms with Crippen molar-refractivity contribution in [3.8, 4) is 5.75 Å². The summed E-state index contributed by atoms with van der Waals surface area (Å²) in [5, 5.41) is 9.91. The van der Waals surface area contributed by atoms with E-state index in [1.54, 1.807) is 25.1 Å². The SMILES string of the molecule is CCCN(CC(=O)OC)C(=O)c1cccc(C)c1O. The number of aryl methyl sites for hydroxylation is 1. The lowest BCUT2D eigenvalue weighted by atomic mass is 10.1. The molecule has 1 aromatic carbocycles. The highest BCUT2D eigenvalue weighted by Gasteiger charge is 2.21. The molecule has 0 aromatic heterocycles. The second kappa shape index (κ2) is 6.78. The fourth-order valence-electron chi connectivity index (χ4n) is 1.74. The molecule has 0 aliphatic heterocycles. The van der Waals surface area contributed by atoms with Crippen molar-refractivity contribution >= 4 is 11.9 Å². The predicted octanol–water partition coefficient (Wildman–Crippen LogP) is 1.73. The minimum atomic E-state index is -0.478. The molecular formula is C14H19NO4. The molecule has 1 aromatic rings.